The Kier molecular flexibility index (Phi) is 6.73. The molecule has 0 radical (unpaired) electrons. The number of benzene rings is 2. The molecule has 152 valence electrons. The number of hydrogen-bond acceptors (Lipinski definition) is 7. The predicted molar refractivity (Wildman–Crippen MR) is 114 cm³/mol. The number of nitrogens with one attached hydrogen (secondary N) is 2. The minimum absolute atomic E-state index is 0.0299. The van der Waals surface area contributed by atoms with E-state index < -0.39 is 10.0 Å². The van der Waals surface area contributed by atoms with Crippen LogP contribution in [0.5, 0.6) is 0 Å². The zero-order chi connectivity index (χ0) is 21.0. The minimum Gasteiger partial charge on any atom is -0.411 e. The van der Waals surface area contributed by atoms with E-state index in [2.05, 4.69) is 36.2 Å². The van der Waals surface area contributed by atoms with Crippen LogP contribution in [0.2, 0.25) is 0 Å². The molecule has 0 aliphatic rings. The number of thioether (sulfide) groups is 1. The summed E-state index contributed by atoms with van der Waals surface area (Å²) >= 11 is 4.47. The van der Waals surface area contributed by atoms with Gasteiger partial charge in [0.2, 0.25) is 21.8 Å². The molecule has 0 atom stereocenters. The van der Waals surface area contributed by atoms with Crippen LogP contribution in [0.15, 0.2) is 61.5 Å². The lowest BCUT2D eigenvalue weighted by Crippen LogP contribution is -2.20. The number of carbonyl (C=O) groups is 1. The van der Waals surface area contributed by atoms with Crippen LogP contribution < -0.4 is 10.0 Å². The van der Waals surface area contributed by atoms with E-state index >= 15 is 0 Å². The first-order valence-corrected chi connectivity index (χ1v) is 11.6. The second-order valence-corrected chi connectivity index (χ2v) is 9.61. The van der Waals surface area contributed by atoms with Gasteiger partial charge < -0.3 is 9.73 Å². The largest absolute Gasteiger partial charge is 0.411 e. The number of carbonyl (C=O) groups excluding carboxylic acids is 1. The van der Waals surface area contributed by atoms with Gasteiger partial charge in [-0.2, -0.15) is 0 Å². The Morgan fingerprint density at radius 3 is 2.72 bits per heavy atom. The van der Waals surface area contributed by atoms with E-state index in [0.717, 1.165) is 21.8 Å². The standard InChI is InChI=1S/C18H17BrN4O4S2/c1-11-6-7-14(9-15(11)29(25,26)20-2)21-16(24)10-28-18-23-22-17(27-18)12-4-3-5-13(19)8-12/h3-9,20H,10H2,1-2H3,(H,21,24). The van der Waals surface area contributed by atoms with Gasteiger partial charge in [0, 0.05) is 15.7 Å². The predicted octanol–water partition coefficient (Wildman–Crippen LogP) is 3.45. The van der Waals surface area contributed by atoms with E-state index in [9.17, 15) is 13.2 Å². The average molecular weight is 497 g/mol. The first-order valence-electron chi connectivity index (χ1n) is 8.35. The third-order valence-corrected chi connectivity index (χ3v) is 6.70. The zero-order valence-electron chi connectivity index (χ0n) is 15.5. The number of nitrogens with zero attached hydrogens (tertiary/aromatic N) is 2. The third kappa shape index (κ3) is 5.44. The van der Waals surface area contributed by atoms with Gasteiger partial charge in [0.25, 0.3) is 5.22 Å². The summed E-state index contributed by atoms with van der Waals surface area (Å²) in [5.74, 6) is 0.0609. The summed E-state index contributed by atoms with van der Waals surface area (Å²) in [5.41, 5.74) is 1.73. The molecular formula is C18H17BrN4O4S2. The average Bonchev–Trinajstić information content (AvgIpc) is 3.17. The summed E-state index contributed by atoms with van der Waals surface area (Å²) in [7, 11) is -2.28. The molecule has 1 heterocycles. The molecule has 0 fully saturated rings. The van der Waals surface area contributed by atoms with Gasteiger partial charge in [0.1, 0.15) is 0 Å². The van der Waals surface area contributed by atoms with Crippen molar-refractivity contribution in [3.05, 3.63) is 52.5 Å². The third-order valence-electron chi connectivity index (χ3n) is 3.83. The first-order chi connectivity index (χ1) is 13.8. The van der Waals surface area contributed by atoms with Crippen molar-refractivity contribution in [2.24, 2.45) is 0 Å². The second kappa shape index (κ2) is 9.08. The minimum atomic E-state index is -3.61. The number of halogens is 1. The summed E-state index contributed by atoms with van der Waals surface area (Å²) < 4.78 is 32.8. The highest BCUT2D eigenvalue weighted by molar-refractivity contribution is 9.10. The summed E-state index contributed by atoms with van der Waals surface area (Å²) in [6.07, 6.45) is 0. The number of aryl methyl sites for hydroxylation is 1. The fourth-order valence-electron chi connectivity index (χ4n) is 2.41. The Hall–Kier alpha value is -2.21. The van der Waals surface area contributed by atoms with Gasteiger partial charge in [-0.3, -0.25) is 4.79 Å². The fraction of sp³-hybridized carbons (Fsp3) is 0.167. The zero-order valence-corrected chi connectivity index (χ0v) is 18.7. The van der Waals surface area contributed by atoms with Gasteiger partial charge in [-0.05, 0) is 49.9 Å². The summed E-state index contributed by atoms with van der Waals surface area (Å²) in [4.78, 5) is 12.3. The van der Waals surface area contributed by atoms with Gasteiger partial charge in [-0.15, -0.1) is 10.2 Å². The van der Waals surface area contributed by atoms with Crippen molar-refractivity contribution < 1.29 is 17.6 Å². The smallest absolute Gasteiger partial charge is 0.277 e. The van der Waals surface area contributed by atoms with Crippen LogP contribution in [0.25, 0.3) is 11.5 Å². The molecule has 0 aliphatic carbocycles. The van der Waals surface area contributed by atoms with Crippen LogP contribution in [0.1, 0.15) is 5.56 Å². The Labute approximate surface area is 180 Å². The summed E-state index contributed by atoms with van der Waals surface area (Å²) in [6, 6.07) is 12.1. The van der Waals surface area contributed by atoms with Crippen LogP contribution in [-0.2, 0) is 14.8 Å². The van der Waals surface area contributed by atoms with E-state index in [-0.39, 0.29) is 21.8 Å². The summed E-state index contributed by atoms with van der Waals surface area (Å²) in [6.45, 7) is 1.68. The lowest BCUT2D eigenvalue weighted by atomic mass is 10.2. The molecule has 0 saturated heterocycles. The Morgan fingerprint density at radius 2 is 2.00 bits per heavy atom. The molecule has 3 aromatic rings. The van der Waals surface area contributed by atoms with E-state index in [1.807, 2.05) is 24.3 Å². The number of rotatable bonds is 7. The quantitative estimate of drug-likeness (QED) is 0.481. The Balaban J connectivity index is 1.63. The molecule has 8 nitrogen and oxygen atoms in total. The number of anilines is 1. The maximum absolute atomic E-state index is 12.2. The molecule has 0 aliphatic heterocycles. The molecule has 0 unspecified atom stereocenters. The molecule has 2 aromatic carbocycles. The van der Waals surface area contributed by atoms with E-state index in [0.29, 0.717) is 17.1 Å². The second-order valence-electron chi connectivity index (χ2n) is 5.91. The van der Waals surface area contributed by atoms with Crippen LogP contribution in [-0.4, -0.2) is 37.3 Å². The van der Waals surface area contributed by atoms with Crippen LogP contribution in [0.3, 0.4) is 0 Å². The molecule has 0 bridgehead atoms. The molecular weight excluding hydrogens is 480 g/mol. The number of aromatic nitrogens is 2. The SMILES string of the molecule is CNS(=O)(=O)c1cc(NC(=O)CSc2nnc(-c3cccc(Br)c3)o2)ccc1C. The van der Waals surface area contributed by atoms with Gasteiger partial charge in [0.05, 0.1) is 10.6 Å². The molecule has 1 amide bonds. The van der Waals surface area contributed by atoms with Crippen LogP contribution in [0.4, 0.5) is 5.69 Å². The van der Waals surface area contributed by atoms with Gasteiger partial charge >= 0.3 is 0 Å². The van der Waals surface area contributed by atoms with Crippen molar-refractivity contribution >= 4 is 49.3 Å². The molecule has 1 aromatic heterocycles. The van der Waals surface area contributed by atoms with Gasteiger partial charge in [-0.1, -0.05) is 39.8 Å². The van der Waals surface area contributed by atoms with E-state index in [4.69, 9.17) is 4.42 Å². The molecule has 11 heteroatoms. The lowest BCUT2D eigenvalue weighted by Gasteiger charge is -2.10. The monoisotopic (exact) mass is 496 g/mol. The molecule has 0 saturated carbocycles. The normalized spacial score (nSPS) is 11.4. The topological polar surface area (TPSA) is 114 Å². The molecule has 2 N–H and O–H groups in total. The highest BCUT2D eigenvalue weighted by atomic mass is 79.9. The fourth-order valence-corrected chi connectivity index (χ4v) is 4.36. The highest BCUT2D eigenvalue weighted by Crippen LogP contribution is 2.25. The molecule has 29 heavy (non-hydrogen) atoms. The van der Waals surface area contributed by atoms with Gasteiger partial charge in [-0.25, -0.2) is 13.1 Å². The van der Waals surface area contributed by atoms with Crippen molar-refractivity contribution in [3.8, 4) is 11.5 Å². The Bertz CT molecular complexity index is 1150. The van der Waals surface area contributed by atoms with E-state index in [1.54, 1.807) is 19.1 Å². The summed E-state index contributed by atoms with van der Waals surface area (Å²) in [5, 5.41) is 10.9. The van der Waals surface area contributed by atoms with Crippen LogP contribution in [0, 0.1) is 6.92 Å². The van der Waals surface area contributed by atoms with Crippen molar-refractivity contribution in [3.63, 3.8) is 0 Å². The maximum atomic E-state index is 12.2. The van der Waals surface area contributed by atoms with Crippen LogP contribution >= 0.6 is 27.7 Å². The van der Waals surface area contributed by atoms with Crippen molar-refractivity contribution in [1.82, 2.24) is 14.9 Å². The van der Waals surface area contributed by atoms with Crippen molar-refractivity contribution in [2.75, 3.05) is 18.1 Å². The lowest BCUT2D eigenvalue weighted by molar-refractivity contribution is -0.113. The number of amides is 1. The van der Waals surface area contributed by atoms with E-state index in [1.165, 1.54) is 13.1 Å². The maximum Gasteiger partial charge on any atom is 0.277 e. The number of sulfonamides is 1. The van der Waals surface area contributed by atoms with Crippen molar-refractivity contribution in [1.29, 1.82) is 0 Å². The first kappa shape index (κ1) is 21.5. The number of hydrogen-bond donors (Lipinski definition) is 2. The Morgan fingerprint density at radius 1 is 1.21 bits per heavy atom. The molecule has 0 spiro atoms. The van der Waals surface area contributed by atoms with Gasteiger partial charge in [0.15, 0.2) is 0 Å². The molecule has 3 rings (SSSR count). The van der Waals surface area contributed by atoms with Crippen molar-refractivity contribution in [2.45, 2.75) is 17.0 Å². The highest BCUT2D eigenvalue weighted by Gasteiger charge is 2.16.